The molecule has 0 amide bonds. The molecule has 0 aliphatic heterocycles. The standard InChI is InChI=1S/C46H82O16P2/c1-3-5-7-8-9-10-11-12-13-14-15-16-17-18-19-20-26-30-46(52)62-40(37-61-64(56,57)60-35-39(48)34-59-63(53,54)55)36-58-45(51)29-25-22-21-24-28-41-42(44(50)33-43(41)49)32-31-38(47)27-23-6-4-2/h12-13,21,24,31-32,38-43,47-49H,3-11,14-20,22-23,25-30,33-37H2,1-2H3,(H,56,57)(H2,53,54,55)/b13-12-,24-21-,32-31+/t38-,39-,40+,41+,42+,43-/m0/s1. The molecule has 7 atom stereocenters. The van der Waals surface area contributed by atoms with Gasteiger partial charge >= 0.3 is 27.6 Å². The highest BCUT2D eigenvalue weighted by Gasteiger charge is 2.39. The van der Waals surface area contributed by atoms with Gasteiger partial charge in [0.1, 0.15) is 18.5 Å². The summed E-state index contributed by atoms with van der Waals surface area (Å²) in [5, 5.41) is 30.5. The third kappa shape index (κ3) is 33.4. The van der Waals surface area contributed by atoms with Crippen molar-refractivity contribution >= 4 is 33.4 Å². The third-order valence-corrected chi connectivity index (χ3v) is 12.3. The van der Waals surface area contributed by atoms with Crippen LogP contribution in [0.1, 0.15) is 174 Å². The summed E-state index contributed by atoms with van der Waals surface area (Å²) < 4.78 is 47.8. The maximum absolute atomic E-state index is 12.7. The average molecular weight is 953 g/mol. The van der Waals surface area contributed by atoms with E-state index in [9.17, 15) is 43.7 Å². The first kappa shape index (κ1) is 59.9. The number of allylic oxidation sites excluding steroid dienone is 5. The first-order valence-corrected chi connectivity index (χ1v) is 26.8. The summed E-state index contributed by atoms with van der Waals surface area (Å²) in [6, 6.07) is 0. The molecule has 0 aromatic heterocycles. The van der Waals surface area contributed by atoms with Crippen LogP contribution in [0.4, 0.5) is 0 Å². The number of ketones is 1. The second-order valence-electron chi connectivity index (χ2n) is 16.8. The summed E-state index contributed by atoms with van der Waals surface area (Å²) in [5.74, 6) is -2.08. The molecule has 372 valence electrons. The molecule has 16 nitrogen and oxygen atoms in total. The van der Waals surface area contributed by atoms with Crippen LogP contribution in [0.15, 0.2) is 36.5 Å². The molecular formula is C46H82O16P2. The van der Waals surface area contributed by atoms with E-state index in [1.54, 1.807) is 12.2 Å². The first-order valence-electron chi connectivity index (χ1n) is 23.8. The minimum atomic E-state index is -4.90. The molecule has 1 aliphatic rings. The Kier molecular flexibility index (Phi) is 34.6. The van der Waals surface area contributed by atoms with E-state index < -0.39 is 84.3 Å². The summed E-state index contributed by atoms with van der Waals surface area (Å²) in [6.07, 6.45) is 29.3. The van der Waals surface area contributed by atoms with Gasteiger partial charge in [0.25, 0.3) is 0 Å². The number of aliphatic hydroxyl groups is 3. The van der Waals surface area contributed by atoms with Crippen LogP contribution in [0.2, 0.25) is 0 Å². The predicted molar refractivity (Wildman–Crippen MR) is 245 cm³/mol. The summed E-state index contributed by atoms with van der Waals surface area (Å²) in [7, 11) is -9.77. The van der Waals surface area contributed by atoms with Crippen molar-refractivity contribution in [3.05, 3.63) is 36.5 Å². The van der Waals surface area contributed by atoms with E-state index in [1.165, 1.54) is 38.5 Å². The Balaban J connectivity index is 2.53. The van der Waals surface area contributed by atoms with E-state index in [2.05, 4.69) is 35.0 Å². The number of hydrogen-bond acceptors (Lipinski definition) is 13. The minimum absolute atomic E-state index is 0.00379. The Morgan fingerprint density at radius 3 is 1.84 bits per heavy atom. The summed E-state index contributed by atoms with van der Waals surface area (Å²) >= 11 is 0. The average Bonchev–Trinajstić information content (AvgIpc) is 3.51. The zero-order valence-electron chi connectivity index (χ0n) is 38.6. The molecular weight excluding hydrogens is 870 g/mol. The van der Waals surface area contributed by atoms with Gasteiger partial charge in [0.2, 0.25) is 0 Å². The van der Waals surface area contributed by atoms with Gasteiger partial charge in [0, 0.05) is 31.1 Å². The van der Waals surface area contributed by atoms with Crippen LogP contribution in [0.5, 0.6) is 0 Å². The number of carbonyl (C=O) groups excluding carboxylic acids is 3. The molecule has 0 heterocycles. The van der Waals surface area contributed by atoms with Crippen LogP contribution in [-0.4, -0.2) is 98.6 Å². The highest BCUT2D eigenvalue weighted by atomic mass is 31.2. The van der Waals surface area contributed by atoms with Crippen LogP contribution in [0, 0.1) is 11.8 Å². The van der Waals surface area contributed by atoms with E-state index in [1.807, 2.05) is 12.2 Å². The number of ether oxygens (including phenoxy) is 2. The third-order valence-electron chi connectivity index (χ3n) is 10.9. The monoisotopic (exact) mass is 953 g/mol. The molecule has 0 spiro atoms. The number of phosphoric acid groups is 2. The fraction of sp³-hybridized carbons (Fsp3) is 0.804. The van der Waals surface area contributed by atoms with Crippen molar-refractivity contribution in [2.45, 2.75) is 199 Å². The lowest BCUT2D eigenvalue weighted by Gasteiger charge is -2.20. The fourth-order valence-electron chi connectivity index (χ4n) is 7.15. The number of rotatable bonds is 41. The van der Waals surface area contributed by atoms with Crippen LogP contribution in [-0.2, 0) is 46.6 Å². The lowest BCUT2D eigenvalue weighted by molar-refractivity contribution is -0.161. The molecule has 0 aromatic rings. The van der Waals surface area contributed by atoms with Crippen LogP contribution >= 0.6 is 15.6 Å². The van der Waals surface area contributed by atoms with Gasteiger partial charge in [0.15, 0.2) is 6.10 Å². The van der Waals surface area contributed by atoms with Gasteiger partial charge in [-0.15, -0.1) is 0 Å². The van der Waals surface area contributed by atoms with Crippen molar-refractivity contribution in [1.29, 1.82) is 0 Å². The number of hydrogen-bond donors (Lipinski definition) is 6. The molecule has 1 fully saturated rings. The summed E-state index contributed by atoms with van der Waals surface area (Å²) in [6.45, 7) is 1.36. The van der Waals surface area contributed by atoms with Gasteiger partial charge in [-0.3, -0.25) is 28.0 Å². The number of phosphoric ester groups is 2. The maximum Gasteiger partial charge on any atom is 0.472 e. The predicted octanol–water partition coefficient (Wildman–Crippen LogP) is 9.04. The van der Waals surface area contributed by atoms with Crippen LogP contribution < -0.4 is 0 Å². The Labute approximate surface area is 382 Å². The number of aliphatic hydroxyl groups excluding tert-OH is 3. The molecule has 18 heteroatoms. The SMILES string of the molecule is CCCCCCCC/C=C\CCCCCCCCCC(=O)O[C@H](COC(=O)CCC/C=C\C[C@H]1[C@@H](O)CC(=O)[C@@H]1/C=C/[C@@H](O)CCCCC)COP(=O)(O)OC[C@@H](O)COP(=O)(O)O. The molecule has 64 heavy (non-hydrogen) atoms. The van der Waals surface area contributed by atoms with Crippen molar-refractivity contribution < 1.29 is 76.6 Å². The van der Waals surface area contributed by atoms with Gasteiger partial charge in [-0.25, -0.2) is 9.13 Å². The molecule has 0 saturated heterocycles. The van der Waals surface area contributed by atoms with E-state index in [4.69, 9.17) is 23.8 Å². The van der Waals surface area contributed by atoms with E-state index in [0.717, 1.165) is 70.6 Å². The van der Waals surface area contributed by atoms with Crippen molar-refractivity contribution in [2.75, 3.05) is 26.4 Å². The molecule has 0 radical (unpaired) electrons. The van der Waals surface area contributed by atoms with E-state index >= 15 is 0 Å². The molecule has 0 bridgehead atoms. The Morgan fingerprint density at radius 2 is 1.20 bits per heavy atom. The first-order chi connectivity index (χ1) is 30.6. The maximum atomic E-state index is 12.7. The van der Waals surface area contributed by atoms with Crippen LogP contribution in [0.3, 0.4) is 0 Å². The lowest BCUT2D eigenvalue weighted by atomic mass is 9.90. The minimum Gasteiger partial charge on any atom is -0.462 e. The Hall–Kier alpha value is -2.07. The Morgan fingerprint density at radius 1 is 0.672 bits per heavy atom. The summed E-state index contributed by atoms with van der Waals surface area (Å²) in [4.78, 5) is 65.5. The van der Waals surface area contributed by atoms with Crippen molar-refractivity contribution in [3.63, 3.8) is 0 Å². The van der Waals surface area contributed by atoms with Crippen molar-refractivity contribution in [1.82, 2.24) is 0 Å². The highest BCUT2D eigenvalue weighted by molar-refractivity contribution is 7.47. The van der Waals surface area contributed by atoms with Crippen molar-refractivity contribution in [3.8, 4) is 0 Å². The fourth-order valence-corrected chi connectivity index (χ4v) is 8.30. The van der Waals surface area contributed by atoms with Gasteiger partial charge < -0.3 is 39.5 Å². The molecule has 6 N–H and O–H groups in total. The van der Waals surface area contributed by atoms with Gasteiger partial charge in [-0.2, -0.15) is 0 Å². The van der Waals surface area contributed by atoms with Gasteiger partial charge in [-0.1, -0.05) is 134 Å². The molecule has 1 rings (SSSR count). The zero-order chi connectivity index (χ0) is 47.5. The molecule has 1 aliphatic carbocycles. The topological polar surface area (TPSA) is 253 Å². The second-order valence-corrected chi connectivity index (χ2v) is 19.5. The number of esters is 2. The largest absolute Gasteiger partial charge is 0.472 e. The highest BCUT2D eigenvalue weighted by Crippen LogP contribution is 2.44. The van der Waals surface area contributed by atoms with E-state index in [0.29, 0.717) is 32.1 Å². The van der Waals surface area contributed by atoms with Crippen molar-refractivity contribution in [2.24, 2.45) is 11.8 Å². The molecule has 1 saturated carbocycles. The van der Waals surface area contributed by atoms with E-state index in [-0.39, 0.29) is 31.0 Å². The molecule has 0 aromatic carbocycles. The normalized spacial score (nSPS) is 19.4. The number of Topliss-reactive ketones (excluding diaryl/α,β-unsaturated/α-hetero) is 1. The number of carbonyl (C=O) groups is 3. The smallest absolute Gasteiger partial charge is 0.462 e. The van der Waals surface area contributed by atoms with Gasteiger partial charge in [-0.05, 0) is 57.8 Å². The Bertz CT molecular complexity index is 1430. The number of unbranched alkanes of at least 4 members (excludes halogenated alkanes) is 16. The van der Waals surface area contributed by atoms with Crippen LogP contribution in [0.25, 0.3) is 0 Å². The summed E-state index contributed by atoms with van der Waals surface area (Å²) in [5.41, 5.74) is 0. The quantitative estimate of drug-likeness (QED) is 0.0145. The molecule has 1 unspecified atom stereocenters. The van der Waals surface area contributed by atoms with Gasteiger partial charge in [0.05, 0.1) is 32.0 Å². The lowest BCUT2D eigenvalue weighted by Crippen LogP contribution is -2.30. The zero-order valence-corrected chi connectivity index (χ0v) is 40.4. The second kappa shape index (κ2) is 37.0.